The summed E-state index contributed by atoms with van der Waals surface area (Å²) in [5, 5.41) is 3.65. The second-order valence-corrected chi connectivity index (χ2v) is 9.67. The molecule has 11 heteroatoms. The van der Waals surface area contributed by atoms with Gasteiger partial charge in [0.05, 0.1) is 16.6 Å². The quantitative estimate of drug-likeness (QED) is 0.273. The van der Waals surface area contributed by atoms with Crippen LogP contribution >= 0.6 is 23.2 Å². The van der Waals surface area contributed by atoms with Gasteiger partial charge in [0.15, 0.2) is 0 Å². The number of nitrogens with zero attached hydrogens (tertiary/aromatic N) is 2. The number of rotatable bonds is 6. The van der Waals surface area contributed by atoms with Gasteiger partial charge in [-0.25, -0.2) is 9.78 Å². The average molecular weight is 503 g/mol. The number of nitrogens with one attached hydrogen (secondary N) is 2. The average Bonchev–Trinajstić information content (AvgIpc) is 3.26. The molecule has 2 N–H and O–H groups in total. The fraction of sp³-hybridized carbons (Fsp3) is 0.348. The van der Waals surface area contributed by atoms with Crippen LogP contribution in [0.25, 0.3) is 17.1 Å². The lowest BCUT2D eigenvalue weighted by Crippen LogP contribution is -2.41. The number of halogens is 2. The molecule has 1 aliphatic heterocycles. The van der Waals surface area contributed by atoms with Crippen LogP contribution in [0.15, 0.2) is 42.0 Å². The van der Waals surface area contributed by atoms with Crippen molar-refractivity contribution in [2.75, 3.05) is 6.54 Å². The van der Waals surface area contributed by atoms with E-state index in [9.17, 15) is 4.79 Å². The zero-order valence-corrected chi connectivity index (χ0v) is 20.8. The number of carbonyl (C=O) groups is 1. The molecule has 0 radical (unpaired) electrons. The van der Waals surface area contributed by atoms with Gasteiger partial charge in [0.25, 0.3) is 0 Å². The molecule has 1 fully saturated rings. The molecular weight excluding hydrogens is 478 g/mol. The first-order chi connectivity index (χ1) is 16.1. The molecule has 0 saturated carbocycles. The number of ether oxygens (including phenoxy) is 1. The van der Waals surface area contributed by atoms with E-state index < -0.39 is 24.4 Å². The van der Waals surface area contributed by atoms with Crippen molar-refractivity contribution < 1.29 is 18.8 Å². The highest BCUT2D eigenvalue weighted by atomic mass is 35.5. The monoisotopic (exact) mass is 502 g/mol. The number of hydrogen-bond acceptors (Lipinski definition) is 6. The van der Waals surface area contributed by atoms with Crippen molar-refractivity contribution in [3.05, 3.63) is 63.6 Å². The fourth-order valence-electron chi connectivity index (χ4n) is 3.45. The highest BCUT2D eigenvalue weighted by molar-refractivity contribution is 6.56. The number of benzene rings is 1. The molecule has 0 unspecified atom stereocenters. The first-order valence-electron chi connectivity index (χ1n) is 10.8. The molecule has 1 amide bonds. The van der Waals surface area contributed by atoms with Crippen LogP contribution in [0.1, 0.15) is 38.8 Å². The number of fused-ring (bicyclic) bond motifs is 1. The fourth-order valence-corrected chi connectivity index (χ4v) is 3.94. The standard InChI is InChI=1S/C23H25BCl2N4O4/c1-22(2)23(3,4)34-24(33-22)16(12-28-21(31)32-13-14-8-6-5-7-9-14)10-15-11-27-19-17(15)18(25)29-20(26)30-19/h5-11H,12-13H2,1-4H3,(H,28,31)(H,27,29,30). The molecule has 3 heterocycles. The molecule has 3 aromatic rings. The Kier molecular flexibility index (Phi) is 6.91. The molecular formula is C23H25BCl2N4O4. The number of H-pyrrole nitrogens is 1. The van der Waals surface area contributed by atoms with Gasteiger partial charge in [-0.05, 0) is 50.3 Å². The summed E-state index contributed by atoms with van der Waals surface area (Å²) in [6.45, 7) is 8.14. The van der Waals surface area contributed by atoms with Crippen molar-refractivity contribution in [2.45, 2.75) is 45.5 Å². The lowest BCUT2D eigenvalue weighted by Gasteiger charge is -2.32. The number of amides is 1. The van der Waals surface area contributed by atoms with Gasteiger partial charge in [-0.3, -0.25) is 0 Å². The van der Waals surface area contributed by atoms with Crippen molar-refractivity contribution in [3.63, 3.8) is 0 Å². The maximum atomic E-state index is 12.4. The Morgan fingerprint density at radius 2 is 1.82 bits per heavy atom. The molecule has 1 saturated heterocycles. The number of aromatic amines is 1. The summed E-state index contributed by atoms with van der Waals surface area (Å²) in [6, 6.07) is 9.45. The molecule has 8 nitrogen and oxygen atoms in total. The summed E-state index contributed by atoms with van der Waals surface area (Å²) in [7, 11) is -0.698. The third-order valence-corrected chi connectivity index (χ3v) is 6.48. The molecule has 1 aromatic carbocycles. The van der Waals surface area contributed by atoms with Crippen LogP contribution < -0.4 is 5.32 Å². The normalized spacial score (nSPS) is 17.2. The van der Waals surface area contributed by atoms with Crippen LogP contribution in [-0.4, -0.2) is 45.9 Å². The number of carbonyl (C=O) groups excluding carboxylic acids is 1. The van der Waals surface area contributed by atoms with Gasteiger partial charge in [-0.1, -0.05) is 48.0 Å². The molecule has 0 spiro atoms. The molecule has 4 rings (SSSR count). The first kappa shape index (κ1) is 24.5. The Morgan fingerprint density at radius 3 is 2.50 bits per heavy atom. The Balaban J connectivity index is 1.57. The predicted molar refractivity (Wildman–Crippen MR) is 133 cm³/mol. The van der Waals surface area contributed by atoms with E-state index >= 15 is 0 Å². The molecule has 0 aliphatic carbocycles. The third kappa shape index (κ3) is 5.23. The van der Waals surface area contributed by atoms with E-state index in [2.05, 4.69) is 20.3 Å². The minimum Gasteiger partial charge on any atom is -0.445 e. The smallest absolute Gasteiger partial charge is 0.445 e. The van der Waals surface area contributed by atoms with E-state index in [4.69, 9.17) is 37.2 Å². The molecule has 2 aromatic heterocycles. The maximum Gasteiger partial charge on any atom is 0.492 e. The summed E-state index contributed by atoms with van der Waals surface area (Å²) in [4.78, 5) is 23.6. The first-order valence-corrected chi connectivity index (χ1v) is 11.5. The number of aromatic nitrogens is 3. The van der Waals surface area contributed by atoms with Crippen LogP contribution in [0.3, 0.4) is 0 Å². The zero-order chi connectivity index (χ0) is 24.5. The minimum absolute atomic E-state index is 0.0453. The lowest BCUT2D eigenvalue weighted by atomic mass is 9.77. The lowest BCUT2D eigenvalue weighted by molar-refractivity contribution is 0.00578. The van der Waals surface area contributed by atoms with E-state index in [0.29, 0.717) is 22.1 Å². The van der Waals surface area contributed by atoms with E-state index in [1.54, 1.807) is 6.20 Å². The highest BCUT2D eigenvalue weighted by Crippen LogP contribution is 2.39. The van der Waals surface area contributed by atoms with Crippen molar-refractivity contribution >= 4 is 53.5 Å². The largest absolute Gasteiger partial charge is 0.492 e. The second kappa shape index (κ2) is 9.58. The Bertz CT molecular complexity index is 1210. The number of hydrogen-bond donors (Lipinski definition) is 2. The minimum atomic E-state index is -0.698. The summed E-state index contributed by atoms with van der Waals surface area (Å²) in [6.07, 6.45) is 3.01. The Labute approximate surface area is 208 Å². The van der Waals surface area contributed by atoms with E-state index in [0.717, 1.165) is 5.56 Å². The van der Waals surface area contributed by atoms with Crippen LogP contribution in [0.5, 0.6) is 0 Å². The van der Waals surface area contributed by atoms with E-state index in [-0.39, 0.29) is 23.6 Å². The zero-order valence-electron chi connectivity index (χ0n) is 19.3. The SMILES string of the molecule is CC1(C)OB(C(=Cc2c[nH]c3nc(Cl)nc(Cl)c23)CNC(=O)OCc2ccccc2)OC1(C)C. The summed E-state index contributed by atoms with van der Waals surface area (Å²) < 4.78 is 17.8. The van der Waals surface area contributed by atoms with Gasteiger partial charge in [0, 0.05) is 18.3 Å². The van der Waals surface area contributed by atoms with E-state index in [1.807, 2.05) is 64.1 Å². The topological polar surface area (TPSA) is 98.4 Å². The third-order valence-electron chi connectivity index (χ3n) is 6.04. The predicted octanol–water partition coefficient (Wildman–Crippen LogP) is 5.21. The van der Waals surface area contributed by atoms with Crippen LogP contribution in [0.4, 0.5) is 4.79 Å². The molecule has 0 atom stereocenters. The molecule has 34 heavy (non-hydrogen) atoms. The summed E-state index contributed by atoms with van der Waals surface area (Å²) in [5.41, 5.74) is 1.66. The van der Waals surface area contributed by atoms with Crippen LogP contribution in [0.2, 0.25) is 10.4 Å². The highest BCUT2D eigenvalue weighted by Gasteiger charge is 2.52. The van der Waals surface area contributed by atoms with Gasteiger partial charge in [0.1, 0.15) is 17.4 Å². The van der Waals surface area contributed by atoms with Crippen molar-refractivity contribution in [1.29, 1.82) is 0 Å². The van der Waals surface area contributed by atoms with Gasteiger partial charge < -0.3 is 24.3 Å². The summed E-state index contributed by atoms with van der Waals surface area (Å²) >= 11 is 12.3. The maximum absolute atomic E-state index is 12.4. The van der Waals surface area contributed by atoms with Crippen molar-refractivity contribution in [3.8, 4) is 0 Å². The second-order valence-electron chi connectivity index (χ2n) is 8.97. The summed E-state index contributed by atoms with van der Waals surface area (Å²) in [5.74, 6) is 0. The molecule has 0 bridgehead atoms. The molecule has 178 valence electrons. The van der Waals surface area contributed by atoms with Gasteiger partial charge >= 0.3 is 13.2 Å². The van der Waals surface area contributed by atoms with Crippen molar-refractivity contribution in [2.24, 2.45) is 0 Å². The van der Waals surface area contributed by atoms with Gasteiger partial charge in [-0.2, -0.15) is 4.98 Å². The molecule has 1 aliphatic rings. The Morgan fingerprint density at radius 1 is 1.15 bits per heavy atom. The van der Waals surface area contributed by atoms with Crippen LogP contribution in [0, 0.1) is 0 Å². The van der Waals surface area contributed by atoms with Crippen molar-refractivity contribution in [1.82, 2.24) is 20.3 Å². The number of alkyl carbamates (subject to hydrolysis) is 1. The van der Waals surface area contributed by atoms with Crippen LogP contribution in [-0.2, 0) is 20.7 Å². The van der Waals surface area contributed by atoms with Gasteiger partial charge in [0.2, 0.25) is 5.28 Å². The van der Waals surface area contributed by atoms with Gasteiger partial charge in [-0.15, -0.1) is 0 Å². The Hall–Kier alpha value is -2.59. The van der Waals surface area contributed by atoms with E-state index in [1.165, 1.54) is 0 Å².